The van der Waals surface area contributed by atoms with Crippen molar-refractivity contribution in [3.63, 3.8) is 0 Å². The molecule has 1 heterocycles. The van der Waals surface area contributed by atoms with Crippen LogP contribution in [0.1, 0.15) is 23.2 Å². The predicted octanol–water partition coefficient (Wildman–Crippen LogP) is 1.99. The van der Waals surface area contributed by atoms with E-state index in [0.29, 0.717) is 5.75 Å². The number of carboxylic acids is 1. The number of aromatic carboxylic acids is 1. The Bertz CT molecular complexity index is 497. The topological polar surface area (TPSA) is 66.8 Å². The van der Waals surface area contributed by atoms with E-state index in [1.165, 1.54) is 12.1 Å². The Morgan fingerprint density at radius 3 is 2.63 bits per heavy atom. The van der Waals surface area contributed by atoms with Crippen LogP contribution in [0.4, 0.5) is 0 Å². The van der Waals surface area contributed by atoms with Crippen molar-refractivity contribution in [3.8, 4) is 5.75 Å². The summed E-state index contributed by atoms with van der Waals surface area (Å²) in [5.74, 6) is -0.616. The maximum atomic E-state index is 11.8. The van der Waals surface area contributed by atoms with Crippen molar-refractivity contribution in [3.05, 3.63) is 27.3 Å². The minimum Gasteiger partial charge on any atom is -0.483 e. The number of likely N-dealkylation sites (tertiary alicyclic amines) is 1. The summed E-state index contributed by atoms with van der Waals surface area (Å²) in [4.78, 5) is 24.5. The molecule has 0 aromatic heterocycles. The molecule has 5 nitrogen and oxygen atoms in total. The van der Waals surface area contributed by atoms with E-state index in [2.05, 4.69) is 22.6 Å². The molecule has 1 aliphatic heterocycles. The van der Waals surface area contributed by atoms with E-state index in [9.17, 15) is 9.59 Å². The number of carbonyl (C=O) groups excluding carboxylic acids is 1. The number of hydrogen-bond donors (Lipinski definition) is 1. The van der Waals surface area contributed by atoms with Crippen LogP contribution in [-0.4, -0.2) is 41.6 Å². The number of carbonyl (C=O) groups is 2. The number of carboxylic acid groups (broad SMARTS) is 1. The second-order valence-corrected chi connectivity index (χ2v) is 5.49. The Morgan fingerprint density at radius 2 is 2.00 bits per heavy atom. The van der Waals surface area contributed by atoms with Gasteiger partial charge in [-0.25, -0.2) is 4.79 Å². The van der Waals surface area contributed by atoms with Gasteiger partial charge in [0.25, 0.3) is 5.91 Å². The highest BCUT2D eigenvalue weighted by Gasteiger charge is 2.18. The Kier molecular flexibility index (Phi) is 4.62. The van der Waals surface area contributed by atoms with E-state index in [0.717, 1.165) is 29.5 Å². The molecule has 0 aliphatic carbocycles. The molecule has 0 spiro atoms. The zero-order valence-electron chi connectivity index (χ0n) is 10.3. The summed E-state index contributed by atoms with van der Waals surface area (Å²) in [5.41, 5.74) is 0.157. The second-order valence-electron chi connectivity index (χ2n) is 4.33. The van der Waals surface area contributed by atoms with Crippen LogP contribution >= 0.6 is 22.6 Å². The van der Waals surface area contributed by atoms with E-state index in [1.54, 1.807) is 11.0 Å². The molecule has 102 valence electrons. The summed E-state index contributed by atoms with van der Waals surface area (Å²) < 4.78 is 6.23. The van der Waals surface area contributed by atoms with Gasteiger partial charge in [0.05, 0.1) is 9.13 Å². The third-order valence-electron chi connectivity index (χ3n) is 2.99. The molecule has 6 heteroatoms. The van der Waals surface area contributed by atoms with E-state index < -0.39 is 5.97 Å². The van der Waals surface area contributed by atoms with Crippen LogP contribution in [-0.2, 0) is 4.79 Å². The molecule has 1 aromatic carbocycles. The van der Waals surface area contributed by atoms with E-state index in [-0.39, 0.29) is 18.1 Å². The average molecular weight is 375 g/mol. The van der Waals surface area contributed by atoms with Crippen molar-refractivity contribution in [2.24, 2.45) is 0 Å². The Morgan fingerprint density at radius 1 is 1.32 bits per heavy atom. The zero-order chi connectivity index (χ0) is 13.8. The lowest BCUT2D eigenvalue weighted by molar-refractivity contribution is -0.132. The first kappa shape index (κ1) is 14.1. The van der Waals surface area contributed by atoms with E-state index >= 15 is 0 Å². The smallest absolute Gasteiger partial charge is 0.335 e. The largest absolute Gasteiger partial charge is 0.483 e. The number of rotatable bonds is 4. The maximum absolute atomic E-state index is 11.8. The quantitative estimate of drug-likeness (QED) is 0.818. The Labute approximate surface area is 124 Å². The third kappa shape index (κ3) is 3.59. The van der Waals surface area contributed by atoms with Gasteiger partial charge in [-0.3, -0.25) is 4.79 Å². The summed E-state index contributed by atoms with van der Waals surface area (Å²) >= 11 is 2.05. The van der Waals surface area contributed by atoms with Crippen LogP contribution in [0.25, 0.3) is 0 Å². The van der Waals surface area contributed by atoms with Crippen molar-refractivity contribution in [1.82, 2.24) is 4.90 Å². The van der Waals surface area contributed by atoms with Gasteiger partial charge in [0.1, 0.15) is 5.75 Å². The molecule has 1 aliphatic rings. The Hall–Kier alpha value is -1.31. The fraction of sp³-hybridized carbons (Fsp3) is 0.385. The van der Waals surface area contributed by atoms with Crippen LogP contribution in [0, 0.1) is 3.57 Å². The van der Waals surface area contributed by atoms with Gasteiger partial charge in [-0.15, -0.1) is 0 Å². The fourth-order valence-corrected chi connectivity index (χ4v) is 2.44. The molecule has 0 radical (unpaired) electrons. The summed E-state index contributed by atoms with van der Waals surface area (Å²) in [6, 6.07) is 4.63. The molecular formula is C13H14INO4. The van der Waals surface area contributed by atoms with E-state index in [4.69, 9.17) is 9.84 Å². The predicted molar refractivity (Wildman–Crippen MR) is 77.4 cm³/mol. The van der Waals surface area contributed by atoms with Gasteiger partial charge in [0, 0.05) is 13.1 Å². The van der Waals surface area contributed by atoms with Crippen molar-refractivity contribution in [2.75, 3.05) is 19.7 Å². The highest BCUT2D eigenvalue weighted by molar-refractivity contribution is 14.1. The van der Waals surface area contributed by atoms with Crippen molar-refractivity contribution in [1.29, 1.82) is 0 Å². The van der Waals surface area contributed by atoms with Gasteiger partial charge in [0.15, 0.2) is 6.61 Å². The molecule has 0 saturated carbocycles. The standard InChI is InChI=1S/C13H14INO4/c14-10-4-3-9(13(17)18)7-11(10)19-8-12(16)15-5-1-2-6-15/h3-4,7H,1-2,5-6,8H2,(H,17,18). The lowest BCUT2D eigenvalue weighted by Crippen LogP contribution is -2.32. The van der Waals surface area contributed by atoms with Crippen LogP contribution < -0.4 is 4.74 Å². The second kappa shape index (κ2) is 6.23. The van der Waals surface area contributed by atoms with Crippen LogP contribution in [0.5, 0.6) is 5.75 Å². The van der Waals surface area contributed by atoms with Crippen molar-refractivity contribution >= 4 is 34.5 Å². The molecule has 0 atom stereocenters. The van der Waals surface area contributed by atoms with Crippen LogP contribution in [0.2, 0.25) is 0 Å². The fourth-order valence-electron chi connectivity index (χ4n) is 1.94. The first-order chi connectivity index (χ1) is 9.08. The van der Waals surface area contributed by atoms with Crippen LogP contribution in [0.3, 0.4) is 0 Å². The summed E-state index contributed by atoms with van der Waals surface area (Å²) in [6.07, 6.45) is 2.08. The molecular weight excluding hydrogens is 361 g/mol. The average Bonchev–Trinajstić information content (AvgIpc) is 2.91. The molecule has 2 rings (SSSR count). The van der Waals surface area contributed by atoms with Crippen LogP contribution in [0.15, 0.2) is 18.2 Å². The number of benzene rings is 1. The number of amides is 1. The van der Waals surface area contributed by atoms with Gasteiger partial charge in [-0.2, -0.15) is 0 Å². The molecule has 0 bridgehead atoms. The van der Waals surface area contributed by atoms with Crippen molar-refractivity contribution in [2.45, 2.75) is 12.8 Å². The van der Waals surface area contributed by atoms with Gasteiger partial charge < -0.3 is 14.7 Å². The normalized spacial score (nSPS) is 14.5. The number of hydrogen-bond acceptors (Lipinski definition) is 3. The lowest BCUT2D eigenvalue weighted by Gasteiger charge is -2.16. The first-order valence-corrected chi connectivity index (χ1v) is 7.09. The number of ether oxygens (including phenoxy) is 1. The number of halogens is 1. The SMILES string of the molecule is O=C(O)c1ccc(I)c(OCC(=O)N2CCCC2)c1. The summed E-state index contributed by atoms with van der Waals surface area (Å²) in [5, 5.41) is 8.92. The van der Waals surface area contributed by atoms with Crippen molar-refractivity contribution < 1.29 is 19.4 Å². The van der Waals surface area contributed by atoms with Gasteiger partial charge >= 0.3 is 5.97 Å². The molecule has 1 saturated heterocycles. The van der Waals surface area contributed by atoms with E-state index in [1.807, 2.05) is 0 Å². The number of nitrogens with zero attached hydrogens (tertiary/aromatic N) is 1. The van der Waals surface area contributed by atoms with Gasteiger partial charge in [-0.05, 0) is 53.6 Å². The summed E-state index contributed by atoms with van der Waals surface area (Å²) in [6.45, 7) is 1.53. The van der Waals surface area contributed by atoms with Gasteiger partial charge in [-0.1, -0.05) is 0 Å². The molecule has 1 amide bonds. The monoisotopic (exact) mass is 375 g/mol. The summed E-state index contributed by atoms with van der Waals surface area (Å²) in [7, 11) is 0. The molecule has 19 heavy (non-hydrogen) atoms. The molecule has 1 fully saturated rings. The minimum atomic E-state index is -1.01. The molecule has 1 aromatic rings. The zero-order valence-corrected chi connectivity index (χ0v) is 12.4. The highest BCUT2D eigenvalue weighted by atomic mass is 127. The molecule has 1 N–H and O–H groups in total. The lowest BCUT2D eigenvalue weighted by atomic mass is 10.2. The maximum Gasteiger partial charge on any atom is 0.335 e. The minimum absolute atomic E-state index is 0.0426. The first-order valence-electron chi connectivity index (χ1n) is 6.01. The Balaban J connectivity index is 2.00. The molecule has 0 unspecified atom stereocenters. The third-order valence-corrected chi connectivity index (χ3v) is 3.88. The highest BCUT2D eigenvalue weighted by Crippen LogP contribution is 2.22. The van der Waals surface area contributed by atoms with Gasteiger partial charge in [0.2, 0.25) is 0 Å².